The van der Waals surface area contributed by atoms with Gasteiger partial charge in [-0.1, -0.05) is 29.4 Å². The number of halogens is 3. The number of nitrogens with zero attached hydrogens (tertiary/aromatic N) is 2. The second kappa shape index (κ2) is 6.02. The van der Waals surface area contributed by atoms with Crippen molar-refractivity contribution in [2.24, 2.45) is 5.92 Å². The smallest absolute Gasteiger partial charge is 0.356 e. The summed E-state index contributed by atoms with van der Waals surface area (Å²) < 4.78 is 41.4. The second-order valence-corrected chi connectivity index (χ2v) is 5.43. The standard InChI is InChI=1S/C15H14F3N3O2/c16-15(17,18)14-20-12(21-23-14)10-3-1-9(2-4-10)7-8-19-13(22)11-5-6-11/h1-4,11H,5-8H2,(H,19,22). The van der Waals surface area contributed by atoms with Crippen molar-refractivity contribution >= 4 is 5.91 Å². The van der Waals surface area contributed by atoms with Crippen LogP contribution in [-0.2, 0) is 17.4 Å². The van der Waals surface area contributed by atoms with E-state index in [2.05, 4.69) is 20.0 Å². The Balaban J connectivity index is 1.58. The number of carbonyl (C=O) groups is 1. The van der Waals surface area contributed by atoms with E-state index in [-0.39, 0.29) is 17.6 Å². The van der Waals surface area contributed by atoms with Gasteiger partial charge >= 0.3 is 12.1 Å². The van der Waals surface area contributed by atoms with Crippen molar-refractivity contribution in [3.8, 4) is 11.4 Å². The van der Waals surface area contributed by atoms with Gasteiger partial charge in [-0.15, -0.1) is 0 Å². The summed E-state index contributed by atoms with van der Waals surface area (Å²) in [7, 11) is 0. The molecule has 1 aliphatic rings. The Morgan fingerprint density at radius 3 is 2.52 bits per heavy atom. The van der Waals surface area contributed by atoms with Gasteiger partial charge < -0.3 is 9.84 Å². The number of amides is 1. The van der Waals surface area contributed by atoms with E-state index in [4.69, 9.17) is 0 Å². The highest BCUT2D eigenvalue weighted by atomic mass is 19.4. The molecule has 1 saturated carbocycles. The van der Waals surface area contributed by atoms with Gasteiger partial charge in [0.15, 0.2) is 0 Å². The second-order valence-electron chi connectivity index (χ2n) is 5.43. The Kier molecular flexibility index (Phi) is 4.06. The quantitative estimate of drug-likeness (QED) is 0.918. The summed E-state index contributed by atoms with van der Waals surface area (Å²) >= 11 is 0. The van der Waals surface area contributed by atoms with Crippen LogP contribution in [0.2, 0.25) is 0 Å². The first-order valence-electron chi connectivity index (χ1n) is 7.21. The molecule has 1 N–H and O–H groups in total. The zero-order chi connectivity index (χ0) is 16.4. The largest absolute Gasteiger partial charge is 0.471 e. The first-order chi connectivity index (χ1) is 10.9. The van der Waals surface area contributed by atoms with Crippen molar-refractivity contribution in [2.45, 2.75) is 25.4 Å². The van der Waals surface area contributed by atoms with Crippen LogP contribution in [0.5, 0.6) is 0 Å². The fraction of sp³-hybridized carbons (Fsp3) is 0.400. The highest BCUT2D eigenvalue weighted by Gasteiger charge is 2.38. The van der Waals surface area contributed by atoms with Crippen LogP contribution in [0.1, 0.15) is 24.3 Å². The SMILES string of the molecule is O=C(NCCc1ccc(-c2noc(C(F)(F)F)n2)cc1)C1CC1. The molecular formula is C15H14F3N3O2. The minimum absolute atomic E-state index is 0.0908. The molecule has 0 aliphatic heterocycles. The first kappa shape index (κ1) is 15.5. The zero-order valence-corrected chi connectivity index (χ0v) is 12.1. The lowest BCUT2D eigenvalue weighted by Gasteiger charge is -2.04. The van der Waals surface area contributed by atoms with Gasteiger partial charge in [0.05, 0.1) is 0 Å². The van der Waals surface area contributed by atoms with E-state index in [1.807, 2.05) is 0 Å². The minimum Gasteiger partial charge on any atom is -0.356 e. The lowest BCUT2D eigenvalue weighted by Crippen LogP contribution is -2.26. The van der Waals surface area contributed by atoms with Crippen molar-refractivity contribution in [3.05, 3.63) is 35.7 Å². The summed E-state index contributed by atoms with van der Waals surface area (Å²) in [5, 5.41) is 6.19. The fourth-order valence-corrected chi connectivity index (χ4v) is 2.10. The predicted molar refractivity (Wildman–Crippen MR) is 74.2 cm³/mol. The van der Waals surface area contributed by atoms with Gasteiger partial charge in [0.2, 0.25) is 11.7 Å². The average Bonchev–Trinajstić information content (AvgIpc) is 3.23. The molecule has 0 radical (unpaired) electrons. The van der Waals surface area contributed by atoms with Crippen LogP contribution < -0.4 is 5.32 Å². The summed E-state index contributed by atoms with van der Waals surface area (Å²) in [5.41, 5.74) is 1.40. The Bertz CT molecular complexity index is 691. The molecular weight excluding hydrogens is 311 g/mol. The van der Waals surface area contributed by atoms with Gasteiger partial charge in [-0.2, -0.15) is 18.2 Å². The molecule has 2 aromatic rings. The number of carbonyl (C=O) groups excluding carboxylic acids is 1. The molecule has 1 aromatic carbocycles. The maximum Gasteiger partial charge on any atom is 0.471 e. The summed E-state index contributed by atoms with van der Waals surface area (Å²) in [6.45, 7) is 0.537. The molecule has 23 heavy (non-hydrogen) atoms. The lowest BCUT2D eigenvalue weighted by atomic mass is 10.1. The monoisotopic (exact) mass is 325 g/mol. The molecule has 5 nitrogen and oxygen atoms in total. The van der Waals surface area contributed by atoms with Crippen molar-refractivity contribution in [2.75, 3.05) is 6.54 Å². The van der Waals surface area contributed by atoms with Crippen molar-refractivity contribution in [1.82, 2.24) is 15.5 Å². The van der Waals surface area contributed by atoms with Crippen LogP contribution in [0, 0.1) is 5.92 Å². The molecule has 0 bridgehead atoms. The number of alkyl halides is 3. The molecule has 0 unspecified atom stereocenters. The minimum atomic E-state index is -4.65. The zero-order valence-electron chi connectivity index (χ0n) is 12.1. The highest BCUT2D eigenvalue weighted by Crippen LogP contribution is 2.29. The molecule has 122 valence electrons. The molecule has 1 heterocycles. The Hall–Kier alpha value is -2.38. The Labute approximate surface area is 129 Å². The number of hydrogen-bond donors (Lipinski definition) is 1. The van der Waals surface area contributed by atoms with Gasteiger partial charge in [-0.25, -0.2) is 0 Å². The molecule has 0 saturated heterocycles. The summed E-state index contributed by atoms with van der Waals surface area (Å²) in [6, 6.07) is 6.79. The third-order valence-electron chi connectivity index (χ3n) is 3.54. The van der Waals surface area contributed by atoms with Gasteiger partial charge in [0.1, 0.15) is 0 Å². The molecule has 3 rings (SSSR count). The number of aromatic nitrogens is 2. The summed E-state index contributed by atoms with van der Waals surface area (Å²) in [4.78, 5) is 14.8. The third-order valence-corrected chi connectivity index (χ3v) is 3.54. The maximum atomic E-state index is 12.4. The van der Waals surface area contributed by atoms with E-state index >= 15 is 0 Å². The van der Waals surface area contributed by atoms with Crippen molar-refractivity contribution < 1.29 is 22.5 Å². The van der Waals surface area contributed by atoms with E-state index < -0.39 is 12.1 Å². The topological polar surface area (TPSA) is 68.0 Å². The molecule has 1 amide bonds. The maximum absolute atomic E-state index is 12.4. The molecule has 0 spiro atoms. The summed E-state index contributed by atoms with van der Waals surface area (Å²) in [5.74, 6) is -1.20. The predicted octanol–water partition coefficient (Wildman–Crippen LogP) is 2.82. The van der Waals surface area contributed by atoms with Gasteiger partial charge in [-0.3, -0.25) is 4.79 Å². The van der Waals surface area contributed by atoms with E-state index in [1.54, 1.807) is 24.3 Å². The van der Waals surface area contributed by atoms with Crippen molar-refractivity contribution in [1.29, 1.82) is 0 Å². The average molecular weight is 325 g/mol. The van der Waals surface area contributed by atoms with Crippen LogP contribution in [0.25, 0.3) is 11.4 Å². The van der Waals surface area contributed by atoms with E-state index in [0.717, 1.165) is 18.4 Å². The van der Waals surface area contributed by atoms with Gasteiger partial charge in [-0.05, 0) is 24.8 Å². The van der Waals surface area contributed by atoms with Gasteiger partial charge in [0, 0.05) is 18.0 Å². The van der Waals surface area contributed by atoms with Crippen LogP contribution in [0.15, 0.2) is 28.8 Å². The van der Waals surface area contributed by atoms with E-state index in [9.17, 15) is 18.0 Å². The lowest BCUT2D eigenvalue weighted by molar-refractivity contribution is -0.159. The molecule has 1 aliphatic carbocycles. The van der Waals surface area contributed by atoms with Crippen molar-refractivity contribution in [3.63, 3.8) is 0 Å². The molecule has 8 heteroatoms. The third kappa shape index (κ3) is 3.88. The fourth-order valence-electron chi connectivity index (χ4n) is 2.10. The van der Waals surface area contributed by atoms with Crippen LogP contribution >= 0.6 is 0 Å². The van der Waals surface area contributed by atoms with E-state index in [1.165, 1.54) is 0 Å². The van der Waals surface area contributed by atoms with E-state index in [0.29, 0.717) is 18.5 Å². The normalized spacial score (nSPS) is 14.7. The number of nitrogens with one attached hydrogen (secondary N) is 1. The molecule has 0 atom stereocenters. The number of rotatable bonds is 5. The molecule has 1 aromatic heterocycles. The van der Waals surface area contributed by atoms with Crippen LogP contribution in [0.3, 0.4) is 0 Å². The number of benzene rings is 1. The highest BCUT2D eigenvalue weighted by molar-refractivity contribution is 5.80. The van der Waals surface area contributed by atoms with Gasteiger partial charge in [0.25, 0.3) is 0 Å². The van der Waals surface area contributed by atoms with Crippen LogP contribution in [0.4, 0.5) is 13.2 Å². The molecule has 1 fully saturated rings. The first-order valence-corrected chi connectivity index (χ1v) is 7.21. The Morgan fingerprint density at radius 1 is 1.26 bits per heavy atom. The summed E-state index contributed by atoms with van der Waals surface area (Å²) in [6.07, 6.45) is -2.07. The van der Waals surface area contributed by atoms with Crippen LogP contribution in [-0.4, -0.2) is 22.6 Å². The Morgan fingerprint density at radius 2 is 1.96 bits per heavy atom. The number of hydrogen-bond acceptors (Lipinski definition) is 4.